The first-order valence-electron chi connectivity index (χ1n) is 8.57. The van der Waals surface area contributed by atoms with Crippen LogP contribution in [-0.2, 0) is 4.79 Å². The van der Waals surface area contributed by atoms with Gasteiger partial charge in [-0.1, -0.05) is 30.9 Å². The summed E-state index contributed by atoms with van der Waals surface area (Å²) >= 11 is 6.17. The molecule has 3 N–H and O–H groups in total. The Morgan fingerprint density at radius 1 is 1.32 bits per heavy atom. The Morgan fingerprint density at radius 3 is 2.76 bits per heavy atom. The van der Waals surface area contributed by atoms with E-state index < -0.39 is 6.10 Å². The van der Waals surface area contributed by atoms with Gasteiger partial charge in [-0.05, 0) is 49.4 Å². The van der Waals surface area contributed by atoms with Crippen molar-refractivity contribution in [1.82, 2.24) is 10.2 Å². The van der Waals surface area contributed by atoms with Crippen LogP contribution in [-0.4, -0.2) is 22.2 Å². The fraction of sp³-hybridized carbons (Fsp3) is 0.444. The number of carbonyl (C=O) groups excluding carboxylic acids is 1. The average Bonchev–Trinajstić information content (AvgIpc) is 3.02. The van der Waals surface area contributed by atoms with Gasteiger partial charge in [-0.2, -0.15) is 0 Å². The van der Waals surface area contributed by atoms with Crippen molar-refractivity contribution in [2.45, 2.75) is 51.0 Å². The molecule has 1 aliphatic rings. The van der Waals surface area contributed by atoms with Gasteiger partial charge >= 0.3 is 0 Å². The highest BCUT2D eigenvalue weighted by Crippen LogP contribution is 2.39. The lowest BCUT2D eigenvalue weighted by Crippen LogP contribution is -2.31. The van der Waals surface area contributed by atoms with Crippen LogP contribution < -0.4 is 15.6 Å². The van der Waals surface area contributed by atoms with Gasteiger partial charge in [-0.25, -0.2) is 0 Å². The topological polar surface area (TPSA) is 87.0 Å². The maximum Gasteiger partial charge on any atom is 0.287 e. The molecule has 7 heteroatoms. The molecule has 1 fully saturated rings. The molecule has 134 valence electrons. The zero-order valence-electron chi connectivity index (χ0n) is 14.1. The molecule has 1 aliphatic carbocycles. The van der Waals surface area contributed by atoms with E-state index in [1.807, 2.05) is 12.1 Å². The minimum absolute atomic E-state index is 0.170. The summed E-state index contributed by atoms with van der Waals surface area (Å²) in [5, 5.41) is 8.14. The minimum atomic E-state index is -0.738. The van der Waals surface area contributed by atoms with Crippen LogP contribution in [0.3, 0.4) is 0 Å². The molecule has 1 aromatic carbocycles. The van der Waals surface area contributed by atoms with Crippen LogP contribution >= 0.6 is 11.6 Å². The fourth-order valence-corrected chi connectivity index (χ4v) is 3.42. The molecular weight excluding hydrogens is 342 g/mol. The number of aromatic amines is 2. The minimum Gasteiger partial charge on any atom is -0.481 e. The summed E-state index contributed by atoms with van der Waals surface area (Å²) in [6.45, 7) is 1.66. The van der Waals surface area contributed by atoms with Crippen LogP contribution in [0.4, 0.5) is 5.69 Å². The van der Waals surface area contributed by atoms with E-state index in [4.69, 9.17) is 16.3 Å². The highest BCUT2D eigenvalue weighted by atomic mass is 35.5. The molecule has 1 saturated carbocycles. The Balaban J connectivity index is 1.74. The third kappa shape index (κ3) is 4.25. The lowest BCUT2D eigenvalue weighted by Gasteiger charge is -2.25. The lowest BCUT2D eigenvalue weighted by molar-refractivity contribution is -0.122. The number of amides is 1. The first-order chi connectivity index (χ1) is 12.0. The van der Waals surface area contributed by atoms with Gasteiger partial charge in [0.05, 0.1) is 0 Å². The summed E-state index contributed by atoms with van der Waals surface area (Å²) in [6, 6.07) is 5.53. The highest BCUT2D eigenvalue weighted by molar-refractivity contribution is 6.30. The average molecular weight is 364 g/mol. The number of halogens is 1. The van der Waals surface area contributed by atoms with Crippen LogP contribution in [0.15, 0.2) is 29.2 Å². The van der Waals surface area contributed by atoms with E-state index in [0.717, 1.165) is 18.4 Å². The number of benzene rings is 1. The first kappa shape index (κ1) is 17.6. The van der Waals surface area contributed by atoms with Crippen molar-refractivity contribution in [2.24, 2.45) is 0 Å². The maximum absolute atomic E-state index is 12.3. The molecule has 6 nitrogen and oxygen atoms in total. The van der Waals surface area contributed by atoms with E-state index in [-0.39, 0.29) is 17.2 Å². The smallest absolute Gasteiger partial charge is 0.287 e. The van der Waals surface area contributed by atoms with Crippen molar-refractivity contribution >= 4 is 23.2 Å². The van der Waals surface area contributed by atoms with Gasteiger partial charge in [-0.15, -0.1) is 0 Å². The van der Waals surface area contributed by atoms with Crippen molar-refractivity contribution in [2.75, 3.05) is 5.32 Å². The predicted octanol–water partition coefficient (Wildman–Crippen LogP) is 3.81. The van der Waals surface area contributed by atoms with Gasteiger partial charge in [0.25, 0.3) is 11.5 Å². The van der Waals surface area contributed by atoms with Crippen molar-refractivity contribution < 1.29 is 9.53 Å². The van der Waals surface area contributed by atoms with Crippen LogP contribution in [0, 0.1) is 0 Å². The first-order valence-corrected chi connectivity index (χ1v) is 8.95. The van der Waals surface area contributed by atoms with Gasteiger partial charge in [0, 0.05) is 11.2 Å². The van der Waals surface area contributed by atoms with E-state index in [2.05, 4.69) is 15.5 Å². The second-order valence-corrected chi connectivity index (χ2v) is 6.86. The molecule has 1 atom stereocenters. The largest absolute Gasteiger partial charge is 0.481 e. The number of nitrogens with one attached hydrogen (secondary N) is 3. The van der Waals surface area contributed by atoms with E-state index in [1.165, 1.54) is 25.5 Å². The monoisotopic (exact) mass is 363 g/mol. The molecule has 0 saturated heterocycles. The van der Waals surface area contributed by atoms with Crippen molar-refractivity contribution in [3.63, 3.8) is 0 Å². The number of H-pyrrole nitrogens is 2. The fourth-order valence-electron chi connectivity index (χ4n) is 3.24. The summed E-state index contributed by atoms with van der Waals surface area (Å²) in [5.74, 6) is 0.710. The summed E-state index contributed by atoms with van der Waals surface area (Å²) in [5.41, 5.74) is 0.852. The quantitative estimate of drug-likeness (QED) is 0.754. The Bertz CT molecular complexity index is 793. The number of aromatic nitrogens is 2. The van der Waals surface area contributed by atoms with Crippen LogP contribution in [0.2, 0.25) is 5.02 Å². The molecular formula is C18H22ClN3O3. The molecule has 0 bridgehead atoms. The van der Waals surface area contributed by atoms with E-state index in [1.54, 1.807) is 13.0 Å². The Morgan fingerprint density at radius 2 is 2.08 bits per heavy atom. The van der Waals surface area contributed by atoms with E-state index >= 15 is 0 Å². The molecule has 1 unspecified atom stereocenters. The highest BCUT2D eigenvalue weighted by Gasteiger charge is 2.23. The third-order valence-corrected chi connectivity index (χ3v) is 4.83. The van der Waals surface area contributed by atoms with Gasteiger partial charge in [0.1, 0.15) is 11.4 Å². The van der Waals surface area contributed by atoms with Crippen LogP contribution in [0.25, 0.3) is 0 Å². The predicted molar refractivity (Wildman–Crippen MR) is 97.4 cm³/mol. The van der Waals surface area contributed by atoms with E-state index in [9.17, 15) is 9.59 Å². The van der Waals surface area contributed by atoms with Crippen LogP contribution in [0.1, 0.15) is 50.5 Å². The normalized spacial score (nSPS) is 16.4. The zero-order chi connectivity index (χ0) is 17.8. The van der Waals surface area contributed by atoms with Gasteiger partial charge < -0.3 is 15.2 Å². The van der Waals surface area contributed by atoms with Gasteiger partial charge in [0.15, 0.2) is 6.10 Å². The Hall–Kier alpha value is -2.21. The molecule has 2 aromatic rings. The molecule has 0 aliphatic heterocycles. The maximum atomic E-state index is 12.3. The van der Waals surface area contributed by atoms with Crippen molar-refractivity contribution in [1.29, 1.82) is 0 Å². The molecule has 25 heavy (non-hydrogen) atoms. The van der Waals surface area contributed by atoms with Gasteiger partial charge in [-0.3, -0.25) is 14.7 Å². The molecule has 3 rings (SSSR count). The molecule has 1 heterocycles. The van der Waals surface area contributed by atoms with E-state index in [0.29, 0.717) is 16.7 Å². The number of ether oxygens (including phenoxy) is 1. The Kier molecular flexibility index (Phi) is 5.48. The second-order valence-electron chi connectivity index (χ2n) is 6.42. The second kappa shape index (κ2) is 7.78. The number of hydrogen-bond acceptors (Lipinski definition) is 3. The summed E-state index contributed by atoms with van der Waals surface area (Å²) in [6.07, 6.45) is 6.54. The number of carbonyl (C=O) groups is 1. The van der Waals surface area contributed by atoms with Gasteiger partial charge in [0.2, 0.25) is 0 Å². The molecule has 0 radical (unpaired) electrons. The lowest BCUT2D eigenvalue weighted by atomic mass is 9.83. The van der Waals surface area contributed by atoms with Crippen LogP contribution in [0.5, 0.6) is 5.75 Å². The van der Waals surface area contributed by atoms with Crippen molar-refractivity contribution in [3.8, 4) is 5.75 Å². The summed E-state index contributed by atoms with van der Waals surface area (Å²) in [7, 11) is 0. The Labute approximate surface area is 150 Å². The number of hydrogen-bond donors (Lipinski definition) is 3. The molecule has 1 aromatic heterocycles. The standard InChI is InChI=1S/C18H22ClN3O3/c1-11(17(23)21-15-10-20-22-18(15)24)25-16-8-7-13(19)9-14(16)12-5-3-2-4-6-12/h7-12H,2-6H2,1H3,(H,21,23)(H2,20,22,24). The summed E-state index contributed by atoms with van der Waals surface area (Å²) < 4.78 is 5.91. The number of rotatable bonds is 5. The SMILES string of the molecule is CC(Oc1ccc(Cl)cc1C1CCCCC1)C(=O)Nc1c[nH][nH]c1=O. The third-order valence-electron chi connectivity index (χ3n) is 4.59. The summed E-state index contributed by atoms with van der Waals surface area (Å²) in [4.78, 5) is 23.8. The molecule has 1 amide bonds. The van der Waals surface area contributed by atoms with Crippen molar-refractivity contribution in [3.05, 3.63) is 45.3 Å². The molecule has 0 spiro atoms. The zero-order valence-corrected chi connectivity index (χ0v) is 14.9. The number of anilines is 1.